The van der Waals surface area contributed by atoms with Crippen molar-refractivity contribution >= 4 is 11.7 Å². The fourth-order valence-electron chi connectivity index (χ4n) is 3.82. The summed E-state index contributed by atoms with van der Waals surface area (Å²) in [6, 6.07) is 5.99. The Morgan fingerprint density at radius 1 is 1.18 bits per heavy atom. The molecule has 2 heterocycles. The standard InChI is InChI=1S/C18H22N2O2/c21-18(20-11-14-4-1-2-5-15(14)12-20)19-16-7-8-17-13(10-16)6-3-9-22-17/h1-2,7-8,10,14-15H,3-6,9,11-12H2,(H,19,21). The first-order valence-electron chi connectivity index (χ1n) is 8.26. The number of amides is 2. The summed E-state index contributed by atoms with van der Waals surface area (Å²) in [6.45, 7) is 2.56. The van der Waals surface area contributed by atoms with Gasteiger partial charge >= 0.3 is 6.03 Å². The zero-order chi connectivity index (χ0) is 14.9. The number of hydrogen-bond acceptors (Lipinski definition) is 2. The lowest BCUT2D eigenvalue weighted by Crippen LogP contribution is -2.33. The van der Waals surface area contributed by atoms with Crippen molar-refractivity contribution in [2.24, 2.45) is 11.8 Å². The van der Waals surface area contributed by atoms with Crippen molar-refractivity contribution in [3.05, 3.63) is 35.9 Å². The van der Waals surface area contributed by atoms with E-state index in [4.69, 9.17) is 4.74 Å². The highest BCUT2D eigenvalue weighted by Gasteiger charge is 2.35. The highest BCUT2D eigenvalue weighted by atomic mass is 16.5. The normalized spacial score (nSPS) is 26.1. The minimum atomic E-state index is 0.0334. The molecule has 2 aliphatic heterocycles. The molecule has 2 amide bonds. The third-order valence-electron chi connectivity index (χ3n) is 5.07. The summed E-state index contributed by atoms with van der Waals surface area (Å²) in [7, 11) is 0. The number of benzene rings is 1. The predicted molar refractivity (Wildman–Crippen MR) is 86.2 cm³/mol. The topological polar surface area (TPSA) is 41.6 Å². The average molecular weight is 298 g/mol. The molecular weight excluding hydrogens is 276 g/mol. The second-order valence-electron chi connectivity index (χ2n) is 6.57. The lowest BCUT2D eigenvalue weighted by Gasteiger charge is -2.20. The molecule has 2 atom stereocenters. The predicted octanol–water partition coefficient (Wildman–Crippen LogP) is 3.44. The Bertz CT molecular complexity index is 595. The lowest BCUT2D eigenvalue weighted by molar-refractivity contribution is 0.220. The van der Waals surface area contributed by atoms with Crippen LogP contribution in [0.1, 0.15) is 24.8 Å². The third kappa shape index (κ3) is 2.58. The first-order chi connectivity index (χ1) is 10.8. The Balaban J connectivity index is 1.42. The molecule has 0 saturated carbocycles. The quantitative estimate of drug-likeness (QED) is 0.807. The fourth-order valence-corrected chi connectivity index (χ4v) is 3.82. The molecule has 1 N–H and O–H groups in total. The number of likely N-dealkylation sites (tertiary alicyclic amines) is 1. The van der Waals surface area contributed by atoms with Crippen LogP contribution in [0.25, 0.3) is 0 Å². The van der Waals surface area contributed by atoms with E-state index in [0.717, 1.165) is 56.8 Å². The van der Waals surface area contributed by atoms with E-state index in [-0.39, 0.29) is 6.03 Å². The monoisotopic (exact) mass is 298 g/mol. The fraction of sp³-hybridized carbons (Fsp3) is 0.500. The van der Waals surface area contributed by atoms with Crippen LogP contribution in [0.4, 0.5) is 10.5 Å². The van der Waals surface area contributed by atoms with Crippen LogP contribution in [0.5, 0.6) is 5.75 Å². The maximum absolute atomic E-state index is 12.5. The molecule has 22 heavy (non-hydrogen) atoms. The maximum atomic E-state index is 12.5. The van der Waals surface area contributed by atoms with Crippen LogP contribution >= 0.6 is 0 Å². The van der Waals surface area contributed by atoms with Gasteiger partial charge in [0.2, 0.25) is 0 Å². The number of nitrogens with zero attached hydrogens (tertiary/aromatic N) is 1. The Labute approximate surface area is 131 Å². The molecule has 0 aromatic heterocycles. The van der Waals surface area contributed by atoms with Crippen molar-refractivity contribution in [2.45, 2.75) is 25.7 Å². The van der Waals surface area contributed by atoms with Gasteiger partial charge in [0, 0.05) is 18.8 Å². The molecule has 1 saturated heterocycles. The molecule has 4 heteroatoms. The summed E-state index contributed by atoms with van der Waals surface area (Å²) in [5.41, 5.74) is 2.07. The second kappa shape index (κ2) is 5.67. The van der Waals surface area contributed by atoms with E-state index in [2.05, 4.69) is 23.5 Å². The van der Waals surface area contributed by atoms with Gasteiger partial charge in [-0.2, -0.15) is 0 Å². The van der Waals surface area contributed by atoms with Crippen LogP contribution in [-0.2, 0) is 6.42 Å². The second-order valence-corrected chi connectivity index (χ2v) is 6.57. The van der Waals surface area contributed by atoms with Crippen molar-refractivity contribution in [1.29, 1.82) is 0 Å². The minimum Gasteiger partial charge on any atom is -0.493 e. The Morgan fingerprint density at radius 3 is 2.73 bits per heavy atom. The van der Waals surface area contributed by atoms with Gasteiger partial charge in [0.25, 0.3) is 0 Å². The molecule has 4 rings (SSSR count). The summed E-state index contributed by atoms with van der Waals surface area (Å²) in [4.78, 5) is 14.5. The van der Waals surface area contributed by atoms with E-state index in [1.54, 1.807) is 0 Å². The van der Waals surface area contributed by atoms with Crippen LogP contribution in [0.2, 0.25) is 0 Å². The van der Waals surface area contributed by atoms with Crippen molar-refractivity contribution in [3.8, 4) is 5.75 Å². The highest BCUT2D eigenvalue weighted by molar-refractivity contribution is 5.89. The van der Waals surface area contributed by atoms with E-state index in [0.29, 0.717) is 11.8 Å². The smallest absolute Gasteiger partial charge is 0.321 e. The molecule has 1 aromatic carbocycles. The van der Waals surface area contributed by atoms with Crippen molar-refractivity contribution in [1.82, 2.24) is 4.90 Å². The molecule has 1 aliphatic carbocycles. The van der Waals surface area contributed by atoms with E-state index in [1.807, 2.05) is 17.0 Å². The molecule has 0 spiro atoms. The van der Waals surface area contributed by atoms with Crippen molar-refractivity contribution in [3.63, 3.8) is 0 Å². The number of ether oxygens (including phenoxy) is 1. The number of nitrogens with one attached hydrogen (secondary N) is 1. The molecule has 2 unspecified atom stereocenters. The maximum Gasteiger partial charge on any atom is 0.321 e. The van der Waals surface area contributed by atoms with Gasteiger partial charge in [0.1, 0.15) is 5.75 Å². The van der Waals surface area contributed by atoms with E-state index < -0.39 is 0 Å². The van der Waals surface area contributed by atoms with E-state index in [1.165, 1.54) is 5.56 Å². The van der Waals surface area contributed by atoms with Crippen LogP contribution in [0.15, 0.2) is 30.4 Å². The van der Waals surface area contributed by atoms with Gasteiger partial charge in [-0.1, -0.05) is 12.2 Å². The van der Waals surface area contributed by atoms with Crippen molar-refractivity contribution in [2.75, 3.05) is 25.0 Å². The zero-order valence-electron chi connectivity index (χ0n) is 12.8. The van der Waals surface area contributed by atoms with Gasteiger partial charge in [0.05, 0.1) is 6.61 Å². The highest BCUT2D eigenvalue weighted by Crippen LogP contribution is 2.33. The number of carbonyl (C=O) groups is 1. The summed E-state index contributed by atoms with van der Waals surface area (Å²) >= 11 is 0. The summed E-state index contributed by atoms with van der Waals surface area (Å²) in [5, 5.41) is 3.05. The number of carbonyl (C=O) groups excluding carboxylic acids is 1. The molecule has 1 aromatic rings. The van der Waals surface area contributed by atoms with E-state index in [9.17, 15) is 4.79 Å². The van der Waals surface area contributed by atoms with E-state index >= 15 is 0 Å². The van der Waals surface area contributed by atoms with Crippen LogP contribution in [-0.4, -0.2) is 30.6 Å². The van der Waals surface area contributed by atoms with Gasteiger partial charge < -0.3 is 15.0 Å². The lowest BCUT2D eigenvalue weighted by atomic mass is 9.86. The van der Waals surface area contributed by atoms with Gasteiger partial charge in [0.15, 0.2) is 0 Å². The Morgan fingerprint density at radius 2 is 1.95 bits per heavy atom. The van der Waals surface area contributed by atoms with Crippen LogP contribution in [0.3, 0.4) is 0 Å². The third-order valence-corrected chi connectivity index (χ3v) is 5.07. The average Bonchev–Trinajstić information content (AvgIpc) is 2.99. The van der Waals surface area contributed by atoms with Gasteiger partial charge in [-0.25, -0.2) is 4.79 Å². The summed E-state index contributed by atoms with van der Waals surface area (Å²) in [6.07, 6.45) is 8.82. The van der Waals surface area contributed by atoms with Gasteiger partial charge in [-0.05, 0) is 61.3 Å². The Hall–Kier alpha value is -1.97. The number of urea groups is 1. The first-order valence-corrected chi connectivity index (χ1v) is 8.26. The molecule has 116 valence electrons. The summed E-state index contributed by atoms with van der Waals surface area (Å²) in [5.74, 6) is 2.25. The number of anilines is 1. The molecule has 3 aliphatic rings. The first kappa shape index (κ1) is 13.7. The van der Waals surface area contributed by atoms with Crippen LogP contribution < -0.4 is 10.1 Å². The SMILES string of the molecule is O=C(Nc1ccc2c(c1)CCCO2)N1CC2CC=CCC2C1. The zero-order valence-corrected chi connectivity index (χ0v) is 12.8. The number of rotatable bonds is 1. The minimum absolute atomic E-state index is 0.0334. The Kier molecular flexibility index (Phi) is 3.53. The molecule has 4 nitrogen and oxygen atoms in total. The van der Waals surface area contributed by atoms with Crippen LogP contribution in [0, 0.1) is 11.8 Å². The van der Waals surface area contributed by atoms with Gasteiger partial charge in [-0.15, -0.1) is 0 Å². The molecule has 0 radical (unpaired) electrons. The molecular formula is C18H22N2O2. The largest absolute Gasteiger partial charge is 0.493 e. The van der Waals surface area contributed by atoms with Gasteiger partial charge in [-0.3, -0.25) is 0 Å². The molecule has 0 bridgehead atoms. The molecule has 1 fully saturated rings. The number of aryl methyl sites for hydroxylation is 1. The number of allylic oxidation sites excluding steroid dienone is 2. The number of fused-ring (bicyclic) bond motifs is 2. The number of hydrogen-bond donors (Lipinski definition) is 1. The van der Waals surface area contributed by atoms with Crippen molar-refractivity contribution < 1.29 is 9.53 Å². The summed E-state index contributed by atoms with van der Waals surface area (Å²) < 4.78 is 5.62.